The average Bonchev–Trinajstić information content (AvgIpc) is 3.31. The Bertz CT molecular complexity index is 601. The number of urea groups is 1. The Hall–Kier alpha value is -1.67. The highest BCUT2D eigenvalue weighted by Gasteiger charge is 2.48. The lowest BCUT2D eigenvalue weighted by atomic mass is 9.84. The number of ketones is 1. The van der Waals surface area contributed by atoms with Gasteiger partial charge in [0.15, 0.2) is 5.78 Å². The number of nitrogens with one attached hydrogen (secondary N) is 1. The van der Waals surface area contributed by atoms with Gasteiger partial charge in [-0.2, -0.15) is 0 Å². The first-order chi connectivity index (χ1) is 13.6. The summed E-state index contributed by atoms with van der Waals surface area (Å²) in [6.45, 7) is 2.74. The van der Waals surface area contributed by atoms with Crippen LogP contribution in [0, 0.1) is 5.92 Å². The molecule has 0 radical (unpaired) electrons. The third kappa shape index (κ3) is 4.17. The van der Waals surface area contributed by atoms with Gasteiger partial charge in [0, 0.05) is 19.6 Å². The Kier molecular flexibility index (Phi) is 6.16. The molecule has 4 fully saturated rings. The van der Waals surface area contributed by atoms with Crippen LogP contribution < -0.4 is 5.32 Å². The van der Waals surface area contributed by atoms with Gasteiger partial charge in [-0.1, -0.05) is 32.1 Å². The normalized spacial score (nSPS) is 29.6. The predicted octanol–water partition coefficient (Wildman–Crippen LogP) is 0.936. The van der Waals surface area contributed by atoms with Crippen molar-refractivity contribution in [2.45, 2.75) is 63.1 Å². The van der Waals surface area contributed by atoms with Gasteiger partial charge < -0.3 is 24.6 Å². The third-order valence-electron chi connectivity index (χ3n) is 6.58. The SMILES string of the molecule is O=C1COC2CCN(C(=O)[C@H](CC3CCCCC3)NC(=O)N3CCOCC3)C12. The van der Waals surface area contributed by atoms with E-state index in [2.05, 4.69) is 5.32 Å². The van der Waals surface area contributed by atoms with Crippen LogP contribution >= 0.6 is 0 Å². The predicted molar refractivity (Wildman–Crippen MR) is 101 cm³/mol. The number of carbonyl (C=O) groups is 3. The largest absolute Gasteiger partial charge is 0.378 e. The number of likely N-dealkylation sites (tertiary alicyclic amines) is 1. The number of hydrogen-bond acceptors (Lipinski definition) is 5. The van der Waals surface area contributed by atoms with Crippen molar-refractivity contribution in [3.8, 4) is 0 Å². The molecule has 1 saturated carbocycles. The summed E-state index contributed by atoms with van der Waals surface area (Å²) in [4.78, 5) is 41.7. The Balaban J connectivity index is 1.45. The molecule has 2 unspecified atom stereocenters. The van der Waals surface area contributed by atoms with Crippen molar-refractivity contribution in [1.82, 2.24) is 15.1 Å². The van der Waals surface area contributed by atoms with Gasteiger partial charge in [-0.25, -0.2) is 4.79 Å². The topological polar surface area (TPSA) is 88.2 Å². The van der Waals surface area contributed by atoms with Crippen molar-refractivity contribution >= 4 is 17.7 Å². The summed E-state index contributed by atoms with van der Waals surface area (Å²) >= 11 is 0. The summed E-state index contributed by atoms with van der Waals surface area (Å²) in [5, 5.41) is 2.99. The third-order valence-corrected chi connectivity index (χ3v) is 6.58. The molecule has 3 atom stereocenters. The van der Waals surface area contributed by atoms with Crippen LogP contribution in [-0.2, 0) is 19.1 Å². The van der Waals surface area contributed by atoms with E-state index in [0.717, 1.165) is 12.8 Å². The molecular weight excluding hydrogens is 362 g/mol. The maximum absolute atomic E-state index is 13.4. The summed E-state index contributed by atoms with van der Waals surface area (Å²) in [6, 6.07) is -1.26. The molecule has 0 bridgehead atoms. The standard InChI is InChI=1S/C20H31N3O5/c24-16-13-28-17-6-7-23(18(16)17)19(25)15(12-14-4-2-1-3-5-14)21-20(26)22-8-10-27-11-9-22/h14-15,17-18H,1-13H2,(H,21,26)/t15-,17?,18?/m0/s1. The highest BCUT2D eigenvalue weighted by molar-refractivity contribution is 5.95. The summed E-state index contributed by atoms with van der Waals surface area (Å²) in [7, 11) is 0. The van der Waals surface area contributed by atoms with Gasteiger partial charge in [0.1, 0.15) is 18.7 Å². The lowest BCUT2D eigenvalue weighted by Crippen LogP contribution is -2.56. The van der Waals surface area contributed by atoms with Crippen LogP contribution in [-0.4, -0.2) is 85.2 Å². The van der Waals surface area contributed by atoms with Crippen molar-refractivity contribution < 1.29 is 23.9 Å². The zero-order chi connectivity index (χ0) is 19.5. The molecule has 0 aromatic carbocycles. The van der Waals surface area contributed by atoms with Gasteiger partial charge in [0.05, 0.1) is 19.3 Å². The van der Waals surface area contributed by atoms with Gasteiger partial charge in [0.25, 0.3) is 0 Å². The van der Waals surface area contributed by atoms with Crippen LogP contribution in [0.5, 0.6) is 0 Å². The van der Waals surface area contributed by atoms with Crippen molar-refractivity contribution in [1.29, 1.82) is 0 Å². The average molecular weight is 393 g/mol. The zero-order valence-corrected chi connectivity index (χ0v) is 16.4. The fourth-order valence-electron chi connectivity index (χ4n) is 5.03. The monoisotopic (exact) mass is 393 g/mol. The van der Waals surface area contributed by atoms with Gasteiger partial charge >= 0.3 is 6.03 Å². The number of rotatable bonds is 4. The molecule has 4 aliphatic rings. The fraction of sp³-hybridized carbons (Fsp3) is 0.850. The van der Waals surface area contributed by atoms with Crippen molar-refractivity contribution in [2.24, 2.45) is 5.92 Å². The van der Waals surface area contributed by atoms with E-state index in [4.69, 9.17) is 9.47 Å². The molecule has 3 saturated heterocycles. The molecular formula is C20H31N3O5. The van der Waals surface area contributed by atoms with Gasteiger partial charge in [-0.05, 0) is 18.8 Å². The van der Waals surface area contributed by atoms with E-state index in [9.17, 15) is 14.4 Å². The summed E-state index contributed by atoms with van der Waals surface area (Å²) in [5.41, 5.74) is 0. The van der Waals surface area contributed by atoms with Gasteiger partial charge in [0.2, 0.25) is 5.91 Å². The van der Waals surface area contributed by atoms with Crippen LogP contribution in [0.2, 0.25) is 0 Å². The van der Waals surface area contributed by atoms with E-state index in [1.807, 2.05) is 0 Å². The van der Waals surface area contributed by atoms with Gasteiger partial charge in [-0.3, -0.25) is 9.59 Å². The molecule has 3 amide bonds. The minimum absolute atomic E-state index is 0.0215. The van der Waals surface area contributed by atoms with E-state index in [1.165, 1.54) is 19.3 Å². The highest BCUT2D eigenvalue weighted by Crippen LogP contribution is 2.31. The van der Waals surface area contributed by atoms with Crippen LogP contribution in [0.1, 0.15) is 44.9 Å². The van der Waals surface area contributed by atoms with Crippen molar-refractivity contribution in [3.63, 3.8) is 0 Å². The maximum Gasteiger partial charge on any atom is 0.318 e. The Morgan fingerprint density at radius 2 is 1.82 bits per heavy atom. The minimum atomic E-state index is -0.578. The fourth-order valence-corrected chi connectivity index (χ4v) is 5.03. The van der Waals surface area contributed by atoms with Crippen LogP contribution in [0.15, 0.2) is 0 Å². The molecule has 1 N–H and O–H groups in total. The van der Waals surface area contributed by atoms with E-state index in [-0.39, 0.29) is 30.4 Å². The van der Waals surface area contributed by atoms with Gasteiger partial charge in [-0.15, -0.1) is 0 Å². The number of ether oxygens (including phenoxy) is 2. The highest BCUT2D eigenvalue weighted by atomic mass is 16.5. The zero-order valence-electron chi connectivity index (χ0n) is 16.4. The number of morpholine rings is 1. The first-order valence-electron chi connectivity index (χ1n) is 10.7. The smallest absolute Gasteiger partial charge is 0.318 e. The first kappa shape index (κ1) is 19.6. The molecule has 1 aliphatic carbocycles. The number of Topliss-reactive ketones (excluding diaryl/α,β-unsaturated/α-hetero) is 1. The van der Waals surface area contributed by atoms with E-state index >= 15 is 0 Å². The second-order valence-electron chi connectivity index (χ2n) is 8.42. The lowest BCUT2D eigenvalue weighted by Gasteiger charge is -2.33. The molecule has 156 valence electrons. The number of amides is 3. The molecule has 28 heavy (non-hydrogen) atoms. The summed E-state index contributed by atoms with van der Waals surface area (Å²) in [6.07, 6.45) is 6.98. The first-order valence-corrected chi connectivity index (χ1v) is 10.7. The molecule has 4 rings (SSSR count). The molecule has 8 heteroatoms. The number of hydrogen-bond donors (Lipinski definition) is 1. The summed E-state index contributed by atoms with van der Waals surface area (Å²) < 4.78 is 10.8. The Morgan fingerprint density at radius 1 is 1.07 bits per heavy atom. The van der Waals surface area contributed by atoms with E-state index < -0.39 is 12.1 Å². The Morgan fingerprint density at radius 3 is 2.57 bits per heavy atom. The quantitative estimate of drug-likeness (QED) is 0.768. The molecule has 0 aromatic heterocycles. The number of nitrogens with zero attached hydrogens (tertiary/aromatic N) is 2. The second-order valence-corrected chi connectivity index (χ2v) is 8.42. The van der Waals surface area contributed by atoms with Crippen LogP contribution in [0.4, 0.5) is 4.79 Å². The van der Waals surface area contributed by atoms with E-state index in [0.29, 0.717) is 51.6 Å². The van der Waals surface area contributed by atoms with Crippen molar-refractivity contribution in [2.75, 3.05) is 39.5 Å². The number of carbonyl (C=O) groups excluding carboxylic acids is 3. The molecule has 3 aliphatic heterocycles. The van der Waals surface area contributed by atoms with Crippen LogP contribution in [0.25, 0.3) is 0 Å². The molecule has 0 aromatic rings. The minimum Gasteiger partial charge on any atom is -0.378 e. The Labute approximate surface area is 165 Å². The second kappa shape index (κ2) is 8.78. The van der Waals surface area contributed by atoms with E-state index in [1.54, 1.807) is 9.80 Å². The lowest BCUT2D eigenvalue weighted by molar-refractivity contribution is -0.138. The molecule has 3 heterocycles. The number of fused-ring (bicyclic) bond motifs is 1. The summed E-state index contributed by atoms with van der Waals surface area (Å²) in [5.74, 6) is 0.298. The molecule has 8 nitrogen and oxygen atoms in total. The maximum atomic E-state index is 13.4. The molecule has 0 spiro atoms. The van der Waals surface area contributed by atoms with Crippen molar-refractivity contribution in [3.05, 3.63) is 0 Å². The van der Waals surface area contributed by atoms with Crippen LogP contribution in [0.3, 0.4) is 0 Å².